The van der Waals surface area contributed by atoms with Crippen molar-refractivity contribution in [3.8, 4) is 5.75 Å². The molecule has 1 heterocycles. The van der Waals surface area contributed by atoms with Crippen LogP contribution in [0.4, 0.5) is 11.4 Å². The first kappa shape index (κ1) is 16.9. The van der Waals surface area contributed by atoms with E-state index in [9.17, 15) is 14.7 Å². The molecule has 3 aromatic carbocycles. The summed E-state index contributed by atoms with van der Waals surface area (Å²) in [6.45, 7) is 0. The van der Waals surface area contributed by atoms with Crippen LogP contribution in [0.15, 0.2) is 83.2 Å². The zero-order chi connectivity index (χ0) is 20.0. The van der Waals surface area contributed by atoms with E-state index in [1.807, 2.05) is 0 Å². The number of carbonyl (C=O) groups is 2. The fraction of sp³-hybridized carbons (Fsp3) is 0. The predicted octanol–water partition coefficient (Wildman–Crippen LogP) is 5.13. The molecule has 1 aliphatic carbocycles. The third-order valence-corrected chi connectivity index (χ3v) is 4.92. The second-order valence-electron chi connectivity index (χ2n) is 6.61. The molecule has 0 atom stereocenters. The van der Waals surface area contributed by atoms with Crippen molar-refractivity contribution < 1.29 is 14.7 Å². The average Bonchev–Trinajstić information content (AvgIpc) is 2.77. The predicted molar refractivity (Wildman–Crippen MR) is 107 cm³/mol. The van der Waals surface area contributed by atoms with Crippen LogP contribution >= 0.6 is 0 Å². The molecule has 5 rings (SSSR count). The van der Waals surface area contributed by atoms with Crippen LogP contribution in [-0.4, -0.2) is 21.7 Å². The number of azo groups is 1. The quantitative estimate of drug-likeness (QED) is 0.430. The number of fused-ring (bicyclic) bond motifs is 3. The minimum absolute atomic E-state index is 0.0500. The van der Waals surface area contributed by atoms with Gasteiger partial charge in [0.05, 0.1) is 16.9 Å². The third kappa shape index (κ3) is 2.62. The maximum atomic E-state index is 13.0. The molecule has 6 nitrogen and oxygen atoms in total. The standard InChI is InChI=1S/C23H13N3O3/c27-19-11-10-17(15-8-4-12-24-21(15)19)25-26-18-9-3-7-16-20(18)23(29)14-6-2-1-5-13(14)22(16)28/h1-12,27H. The molecule has 6 heteroatoms. The van der Waals surface area contributed by atoms with Crippen molar-refractivity contribution in [2.24, 2.45) is 10.2 Å². The van der Waals surface area contributed by atoms with Gasteiger partial charge in [0.1, 0.15) is 11.3 Å². The second kappa shape index (κ2) is 6.45. The Balaban J connectivity index is 1.64. The lowest BCUT2D eigenvalue weighted by molar-refractivity contribution is 0.0979. The summed E-state index contributed by atoms with van der Waals surface area (Å²) in [5, 5.41) is 19.2. The fourth-order valence-electron chi connectivity index (χ4n) is 3.55. The van der Waals surface area contributed by atoms with Crippen molar-refractivity contribution >= 4 is 33.8 Å². The van der Waals surface area contributed by atoms with E-state index in [-0.39, 0.29) is 22.9 Å². The highest BCUT2D eigenvalue weighted by molar-refractivity contribution is 6.29. The Hall–Kier alpha value is -4.19. The van der Waals surface area contributed by atoms with E-state index in [2.05, 4.69) is 15.2 Å². The molecule has 0 saturated heterocycles. The van der Waals surface area contributed by atoms with Crippen molar-refractivity contribution in [2.45, 2.75) is 0 Å². The number of nitrogens with zero attached hydrogens (tertiary/aromatic N) is 3. The van der Waals surface area contributed by atoms with Crippen molar-refractivity contribution in [1.82, 2.24) is 4.98 Å². The van der Waals surface area contributed by atoms with Crippen molar-refractivity contribution in [1.29, 1.82) is 0 Å². The summed E-state index contributed by atoms with van der Waals surface area (Å²) in [5.74, 6) is -0.400. The Kier molecular flexibility index (Phi) is 3.77. The number of carbonyl (C=O) groups excluding carboxylic acids is 2. The molecule has 4 aromatic rings. The highest BCUT2D eigenvalue weighted by atomic mass is 16.3. The van der Waals surface area contributed by atoms with Crippen LogP contribution in [-0.2, 0) is 0 Å². The lowest BCUT2D eigenvalue weighted by Gasteiger charge is -2.18. The van der Waals surface area contributed by atoms with E-state index in [1.54, 1.807) is 66.9 Å². The van der Waals surface area contributed by atoms with Gasteiger partial charge < -0.3 is 5.11 Å². The van der Waals surface area contributed by atoms with Gasteiger partial charge in [0.2, 0.25) is 0 Å². The first-order valence-corrected chi connectivity index (χ1v) is 8.95. The number of ketones is 2. The molecule has 0 spiro atoms. The van der Waals surface area contributed by atoms with Crippen LogP contribution < -0.4 is 0 Å². The molecule has 0 saturated carbocycles. The number of benzene rings is 3. The zero-order valence-electron chi connectivity index (χ0n) is 15.0. The summed E-state index contributed by atoms with van der Waals surface area (Å²) in [4.78, 5) is 30.0. The molecule has 1 N–H and O–H groups in total. The summed E-state index contributed by atoms with van der Waals surface area (Å²) >= 11 is 0. The van der Waals surface area contributed by atoms with Gasteiger partial charge in [-0.25, -0.2) is 0 Å². The van der Waals surface area contributed by atoms with Crippen LogP contribution in [0.1, 0.15) is 31.8 Å². The molecular formula is C23H13N3O3. The molecule has 0 fully saturated rings. The van der Waals surface area contributed by atoms with Gasteiger partial charge >= 0.3 is 0 Å². The van der Waals surface area contributed by atoms with E-state index < -0.39 is 0 Å². The normalized spacial score (nSPS) is 13.0. The van der Waals surface area contributed by atoms with Crippen LogP contribution in [0.25, 0.3) is 10.9 Å². The Morgan fingerprint density at radius 2 is 1.41 bits per heavy atom. The van der Waals surface area contributed by atoms with E-state index >= 15 is 0 Å². The van der Waals surface area contributed by atoms with Gasteiger partial charge in [0.25, 0.3) is 0 Å². The SMILES string of the molecule is O=C1c2ccccc2C(=O)c2c(N=Nc3ccc(O)c4ncccc34)cccc21. The number of aromatic nitrogens is 1. The lowest BCUT2D eigenvalue weighted by atomic mass is 9.83. The molecule has 29 heavy (non-hydrogen) atoms. The number of hydrogen-bond acceptors (Lipinski definition) is 6. The Morgan fingerprint density at radius 1 is 0.690 bits per heavy atom. The first-order valence-electron chi connectivity index (χ1n) is 8.95. The van der Waals surface area contributed by atoms with Gasteiger partial charge in [-0.2, -0.15) is 0 Å². The molecule has 0 aliphatic heterocycles. The van der Waals surface area contributed by atoms with E-state index in [4.69, 9.17) is 0 Å². The largest absolute Gasteiger partial charge is 0.506 e. The summed E-state index contributed by atoms with van der Waals surface area (Å²) in [5.41, 5.74) is 2.57. The minimum atomic E-state index is -0.248. The smallest absolute Gasteiger partial charge is 0.196 e. The number of aromatic hydroxyl groups is 1. The van der Waals surface area contributed by atoms with E-state index in [0.29, 0.717) is 39.0 Å². The molecule has 0 unspecified atom stereocenters. The summed E-state index contributed by atoms with van der Waals surface area (Å²) in [6, 6.07) is 18.4. The highest BCUT2D eigenvalue weighted by Crippen LogP contribution is 2.36. The fourth-order valence-corrected chi connectivity index (χ4v) is 3.55. The molecule has 138 valence electrons. The summed E-state index contributed by atoms with van der Waals surface area (Å²) in [6.07, 6.45) is 1.58. The highest BCUT2D eigenvalue weighted by Gasteiger charge is 2.31. The Labute approximate surface area is 165 Å². The van der Waals surface area contributed by atoms with Gasteiger partial charge in [-0.15, -0.1) is 10.2 Å². The maximum absolute atomic E-state index is 13.0. The number of hydrogen-bond donors (Lipinski definition) is 1. The average molecular weight is 379 g/mol. The Bertz CT molecular complexity index is 1360. The lowest BCUT2D eigenvalue weighted by Crippen LogP contribution is -2.20. The van der Waals surface area contributed by atoms with Gasteiger partial charge in [0, 0.05) is 28.3 Å². The second-order valence-corrected chi connectivity index (χ2v) is 6.61. The number of phenolic OH excluding ortho intramolecular Hbond substituents is 1. The van der Waals surface area contributed by atoms with Crippen LogP contribution in [0.2, 0.25) is 0 Å². The zero-order valence-corrected chi connectivity index (χ0v) is 15.0. The molecule has 0 radical (unpaired) electrons. The molecule has 0 amide bonds. The number of phenols is 1. The van der Waals surface area contributed by atoms with Gasteiger partial charge in [-0.3, -0.25) is 14.6 Å². The van der Waals surface area contributed by atoms with E-state index in [1.165, 1.54) is 6.07 Å². The topological polar surface area (TPSA) is 92.0 Å². The molecular weight excluding hydrogens is 366 g/mol. The van der Waals surface area contributed by atoms with Crippen molar-refractivity contribution in [3.05, 3.63) is 95.2 Å². The van der Waals surface area contributed by atoms with Crippen LogP contribution in [0.3, 0.4) is 0 Å². The molecule has 1 aromatic heterocycles. The summed E-state index contributed by atoms with van der Waals surface area (Å²) < 4.78 is 0. The maximum Gasteiger partial charge on any atom is 0.196 e. The molecule has 0 bridgehead atoms. The third-order valence-electron chi connectivity index (χ3n) is 4.92. The number of rotatable bonds is 2. The van der Waals surface area contributed by atoms with Gasteiger partial charge in [-0.1, -0.05) is 36.4 Å². The van der Waals surface area contributed by atoms with Crippen molar-refractivity contribution in [2.75, 3.05) is 0 Å². The van der Waals surface area contributed by atoms with Crippen LogP contribution in [0, 0.1) is 0 Å². The van der Waals surface area contributed by atoms with E-state index in [0.717, 1.165) is 0 Å². The van der Waals surface area contributed by atoms with Gasteiger partial charge in [0.15, 0.2) is 11.6 Å². The van der Waals surface area contributed by atoms with Gasteiger partial charge in [-0.05, 0) is 30.3 Å². The summed E-state index contributed by atoms with van der Waals surface area (Å²) in [7, 11) is 0. The Morgan fingerprint density at radius 3 is 2.24 bits per heavy atom. The minimum Gasteiger partial charge on any atom is -0.506 e. The molecule has 1 aliphatic rings. The number of pyridine rings is 1. The van der Waals surface area contributed by atoms with Crippen LogP contribution in [0.5, 0.6) is 5.75 Å². The van der Waals surface area contributed by atoms with Crippen molar-refractivity contribution in [3.63, 3.8) is 0 Å². The monoisotopic (exact) mass is 379 g/mol. The first-order chi connectivity index (χ1) is 14.1.